The minimum atomic E-state index is 0.326. The zero-order valence-electron chi connectivity index (χ0n) is 5.69. The molecule has 4 bridgehead atoms. The van der Waals surface area contributed by atoms with Crippen molar-refractivity contribution in [2.75, 3.05) is 0 Å². The summed E-state index contributed by atoms with van der Waals surface area (Å²) in [6.07, 6.45) is 3.01. The Morgan fingerprint density at radius 2 is 2.00 bits per heavy atom. The van der Waals surface area contributed by atoms with E-state index in [4.69, 9.17) is 4.74 Å². The SMILES string of the molecule is O=COC1C2CC3C(C2)C31. The maximum atomic E-state index is 10.1. The van der Waals surface area contributed by atoms with E-state index >= 15 is 0 Å². The molecule has 0 radical (unpaired) electrons. The predicted octanol–water partition coefficient (Wildman–Crippen LogP) is 0.814. The van der Waals surface area contributed by atoms with Crippen LogP contribution in [0, 0.1) is 23.7 Å². The molecule has 0 spiro atoms. The Balaban J connectivity index is 1.84. The molecule has 3 atom stereocenters. The smallest absolute Gasteiger partial charge is 0.293 e. The molecule has 10 heavy (non-hydrogen) atoms. The molecule has 4 rings (SSSR count). The minimum absolute atomic E-state index is 0.326. The van der Waals surface area contributed by atoms with Crippen LogP contribution in [0.1, 0.15) is 12.8 Å². The van der Waals surface area contributed by atoms with Gasteiger partial charge in [0.15, 0.2) is 0 Å². The zero-order chi connectivity index (χ0) is 6.72. The molecule has 4 aliphatic rings. The van der Waals surface area contributed by atoms with E-state index in [1.807, 2.05) is 0 Å². The lowest BCUT2D eigenvalue weighted by Crippen LogP contribution is -2.15. The van der Waals surface area contributed by atoms with Gasteiger partial charge in [-0.15, -0.1) is 0 Å². The van der Waals surface area contributed by atoms with E-state index in [0.29, 0.717) is 12.6 Å². The number of carbonyl (C=O) groups is 1. The fourth-order valence-electron chi connectivity index (χ4n) is 3.27. The fraction of sp³-hybridized carbons (Fsp3) is 0.875. The van der Waals surface area contributed by atoms with Crippen LogP contribution in [0.2, 0.25) is 0 Å². The van der Waals surface area contributed by atoms with Crippen LogP contribution in [-0.2, 0) is 9.53 Å². The van der Waals surface area contributed by atoms with Gasteiger partial charge in [0, 0.05) is 5.92 Å². The van der Waals surface area contributed by atoms with Crippen molar-refractivity contribution < 1.29 is 9.53 Å². The van der Waals surface area contributed by atoms with Crippen LogP contribution in [0.25, 0.3) is 0 Å². The molecule has 4 saturated carbocycles. The van der Waals surface area contributed by atoms with Crippen molar-refractivity contribution >= 4 is 6.47 Å². The Bertz CT molecular complexity index is 176. The van der Waals surface area contributed by atoms with Crippen LogP contribution >= 0.6 is 0 Å². The molecule has 0 aliphatic heterocycles. The highest BCUT2D eigenvalue weighted by Gasteiger charge is 2.69. The monoisotopic (exact) mass is 138 g/mol. The molecule has 0 saturated heterocycles. The molecular formula is C8H10O2. The molecule has 0 aromatic rings. The summed E-state index contributed by atoms with van der Waals surface area (Å²) < 4.78 is 5.03. The van der Waals surface area contributed by atoms with Gasteiger partial charge in [0.25, 0.3) is 6.47 Å². The maximum Gasteiger partial charge on any atom is 0.293 e. The average Bonchev–Trinajstić information content (AvgIpc) is 2.38. The summed E-state index contributed by atoms with van der Waals surface area (Å²) in [5, 5.41) is 0. The van der Waals surface area contributed by atoms with Crippen LogP contribution in [0.15, 0.2) is 0 Å². The fourth-order valence-corrected chi connectivity index (χ4v) is 3.27. The number of carbonyl (C=O) groups excluding carboxylic acids is 1. The first kappa shape index (κ1) is 5.16. The molecule has 2 heteroatoms. The predicted molar refractivity (Wildman–Crippen MR) is 34.1 cm³/mol. The minimum Gasteiger partial charge on any atom is -0.464 e. The standard InChI is InChI=1S/C8H10O2/c9-3-10-8-4-1-5-6(2-4)7(5)8/h3-8H,1-2H2. The molecule has 54 valence electrons. The second kappa shape index (κ2) is 1.39. The third-order valence-electron chi connectivity index (χ3n) is 3.60. The van der Waals surface area contributed by atoms with Gasteiger partial charge in [0.1, 0.15) is 6.10 Å². The topological polar surface area (TPSA) is 26.3 Å². The van der Waals surface area contributed by atoms with Crippen LogP contribution < -0.4 is 0 Å². The molecule has 0 aromatic carbocycles. The molecule has 0 aromatic heterocycles. The maximum absolute atomic E-state index is 10.1. The number of hydrogen-bond donors (Lipinski definition) is 0. The van der Waals surface area contributed by atoms with Gasteiger partial charge < -0.3 is 4.74 Å². The highest BCUT2D eigenvalue weighted by atomic mass is 16.5. The van der Waals surface area contributed by atoms with Crippen LogP contribution in [-0.4, -0.2) is 12.6 Å². The van der Waals surface area contributed by atoms with Crippen LogP contribution in [0.3, 0.4) is 0 Å². The summed E-state index contributed by atoms with van der Waals surface area (Å²) in [5.41, 5.74) is 0. The summed E-state index contributed by atoms with van der Waals surface area (Å²) in [4.78, 5) is 10.1. The first-order valence-corrected chi connectivity index (χ1v) is 4.01. The van der Waals surface area contributed by atoms with E-state index in [0.717, 1.165) is 23.7 Å². The normalized spacial score (nSPS) is 60.6. The molecule has 2 nitrogen and oxygen atoms in total. The van der Waals surface area contributed by atoms with Crippen molar-refractivity contribution in [2.45, 2.75) is 18.9 Å². The van der Waals surface area contributed by atoms with E-state index in [1.165, 1.54) is 12.8 Å². The van der Waals surface area contributed by atoms with Crippen molar-refractivity contribution in [3.05, 3.63) is 0 Å². The third-order valence-corrected chi connectivity index (χ3v) is 3.60. The summed E-state index contributed by atoms with van der Waals surface area (Å²) in [6, 6.07) is 0. The second-order valence-corrected chi connectivity index (χ2v) is 3.83. The third kappa shape index (κ3) is 0.386. The molecule has 3 unspecified atom stereocenters. The van der Waals surface area contributed by atoms with Crippen LogP contribution in [0.5, 0.6) is 0 Å². The van der Waals surface area contributed by atoms with Gasteiger partial charge >= 0.3 is 0 Å². The Morgan fingerprint density at radius 3 is 2.40 bits per heavy atom. The van der Waals surface area contributed by atoms with E-state index in [9.17, 15) is 4.79 Å². The van der Waals surface area contributed by atoms with Gasteiger partial charge in [0.2, 0.25) is 0 Å². The van der Waals surface area contributed by atoms with Crippen molar-refractivity contribution in [3.8, 4) is 0 Å². The Hall–Kier alpha value is -0.530. The van der Waals surface area contributed by atoms with Crippen molar-refractivity contribution in [1.82, 2.24) is 0 Å². The van der Waals surface area contributed by atoms with Gasteiger partial charge in [-0.1, -0.05) is 0 Å². The zero-order valence-corrected chi connectivity index (χ0v) is 5.69. The molecule has 0 amide bonds. The Kier molecular flexibility index (Phi) is 0.715. The lowest BCUT2D eigenvalue weighted by molar-refractivity contribution is -0.135. The van der Waals surface area contributed by atoms with Gasteiger partial charge in [-0.25, -0.2) is 0 Å². The summed E-state index contributed by atoms with van der Waals surface area (Å²) in [7, 11) is 0. The van der Waals surface area contributed by atoms with E-state index in [1.54, 1.807) is 0 Å². The molecular weight excluding hydrogens is 128 g/mol. The highest BCUT2D eigenvalue weighted by molar-refractivity contribution is 5.39. The summed E-state index contributed by atoms with van der Waals surface area (Å²) >= 11 is 0. The van der Waals surface area contributed by atoms with Gasteiger partial charge in [-0.2, -0.15) is 0 Å². The summed E-state index contributed by atoms with van der Waals surface area (Å²) in [5.74, 6) is 3.44. The van der Waals surface area contributed by atoms with Crippen LogP contribution in [0.4, 0.5) is 0 Å². The largest absolute Gasteiger partial charge is 0.464 e. The molecule has 4 fully saturated rings. The van der Waals surface area contributed by atoms with Gasteiger partial charge in [-0.05, 0) is 30.6 Å². The lowest BCUT2D eigenvalue weighted by atomic mass is 10.1. The molecule has 4 aliphatic carbocycles. The van der Waals surface area contributed by atoms with E-state index < -0.39 is 0 Å². The molecule has 0 heterocycles. The number of hydrogen-bond acceptors (Lipinski definition) is 2. The van der Waals surface area contributed by atoms with Crippen molar-refractivity contribution in [2.24, 2.45) is 23.7 Å². The first-order chi connectivity index (χ1) is 4.92. The number of rotatable bonds is 2. The van der Waals surface area contributed by atoms with E-state index in [2.05, 4.69) is 0 Å². The summed E-state index contributed by atoms with van der Waals surface area (Å²) in [6.45, 7) is 0.626. The van der Waals surface area contributed by atoms with Crippen molar-refractivity contribution in [1.29, 1.82) is 0 Å². The number of ether oxygens (including phenoxy) is 1. The Morgan fingerprint density at radius 1 is 1.30 bits per heavy atom. The second-order valence-electron chi connectivity index (χ2n) is 3.83. The Labute approximate surface area is 59.6 Å². The van der Waals surface area contributed by atoms with Crippen molar-refractivity contribution in [3.63, 3.8) is 0 Å². The lowest BCUT2D eigenvalue weighted by Gasteiger charge is -2.10. The van der Waals surface area contributed by atoms with Gasteiger partial charge in [0.05, 0.1) is 0 Å². The first-order valence-electron chi connectivity index (χ1n) is 4.01. The van der Waals surface area contributed by atoms with E-state index in [-0.39, 0.29) is 0 Å². The average molecular weight is 138 g/mol. The molecule has 0 N–H and O–H groups in total. The highest BCUT2D eigenvalue weighted by Crippen LogP contribution is 2.71. The van der Waals surface area contributed by atoms with Gasteiger partial charge in [-0.3, -0.25) is 4.79 Å². The quantitative estimate of drug-likeness (QED) is 0.528.